The predicted molar refractivity (Wildman–Crippen MR) is 114 cm³/mol. The third kappa shape index (κ3) is 5.04. The van der Waals surface area contributed by atoms with Crippen LogP contribution in [-0.4, -0.2) is 76.3 Å². The zero-order valence-electron chi connectivity index (χ0n) is 17.3. The number of nitrogen functional groups attached to an aromatic ring is 1. The number of hydrogen-bond acceptors (Lipinski definition) is 13. The van der Waals surface area contributed by atoms with Gasteiger partial charge in [0.25, 0.3) is 11.8 Å². The first kappa shape index (κ1) is 25.5. The van der Waals surface area contributed by atoms with Crippen LogP contribution in [-0.2, 0) is 21.4 Å². The molecule has 13 nitrogen and oxygen atoms in total. The van der Waals surface area contributed by atoms with Crippen LogP contribution in [0.3, 0.4) is 0 Å². The minimum Gasteiger partial charge on any atom is -0.543 e. The van der Waals surface area contributed by atoms with E-state index in [9.17, 15) is 24.7 Å². The van der Waals surface area contributed by atoms with E-state index in [0.717, 1.165) is 16.2 Å². The van der Waals surface area contributed by atoms with E-state index < -0.39 is 34.9 Å². The van der Waals surface area contributed by atoms with Crippen molar-refractivity contribution in [3.8, 4) is 0 Å². The first-order valence-electron chi connectivity index (χ1n) is 8.91. The number of nitrogens with zero attached hydrogens (tertiary/aromatic N) is 6. The van der Waals surface area contributed by atoms with Crippen LogP contribution in [0.5, 0.6) is 0 Å². The van der Waals surface area contributed by atoms with E-state index >= 15 is 0 Å². The van der Waals surface area contributed by atoms with Crippen molar-refractivity contribution in [2.75, 3.05) is 17.2 Å². The van der Waals surface area contributed by atoms with Crippen LogP contribution in [0.4, 0.5) is 5.13 Å². The molecule has 33 heavy (non-hydrogen) atoms. The molecule has 4 N–H and O–H groups in total. The van der Waals surface area contributed by atoms with Gasteiger partial charge in [0.1, 0.15) is 23.4 Å². The molecule has 2 aliphatic heterocycles. The zero-order valence-corrected chi connectivity index (χ0v) is 21.7. The number of carbonyl (C=O) groups is 3. The maximum absolute atomic E-state index is 12.7. The van der Waals surface area contributed by atoms with Gasteiger partial charge < -0.3 is 26.2 Å². The Bertz CT molecular complexity index is 1160. The molecule has 4 rings (SSSR count). The molecule has 2 unspecified atom stereocenters. The number of anilines is 1. The molecule has 0 radical (unpaired) electrons. The number of carboxylic acids is 1. The molecule has 0 aliphatic carbocycles. The molecule has 2 aromatic heterocycles. The average Bonchev–Trinajstić information content (AvgIpc) is 3.38. The Morgan fingerprint density at radius 1 is 1.48 bits per heavy atom. The molecule has 2 aromatic rings. The van der Waals surface area contributed by atoms with Crippen LogP contribution < -0.4 is 45.7 Å². The van der Waals surface area contributed by atoms with Crippen molar-refractivity contribution in [3.63, 3.8) is 0 Å². The molecule has 2 atom stereocenters. The maximum Gasteiger partial charge on any atom is 1.00 e. The summed E-state index contributed by atoms with van der Waals surface area (Å²) in [5.74, 6) is -2.34. The Hall–Kier alpha value is -2.11. The van der Waals surface area contributed by atoms with Gasteiger partial charge in [0.15, 0.2) is 10.8 Å². The summed E-state index contributed by atoms with van der Waals surface area (Å²) >= 11 is 3.60. The van der Waals surface area contributed by atoms with E-state index in [1.54, 1.807) is 7.05 Å². The van der Waals surface area contributed by atoms with E-state index in [-0.39, 0.29) is 51.8 Å². The van der Waals surface area contributed by atoms with Gasteiger partial charge in [0, 0.05) is 23.9 Å². The quantitative estimate of drug-likeness (QED) is 0.0796. The molecule has 17 heteroatoms. The molecule has 0 aromatic carbocycles. The van der Waals surface area contributed by atoms with Crippen molar-refractivity contribution in [2.24, 2.45) is 12.2 Å². The Balaban J connectivity index is 0.00000306. The third-order valence-corrected chi connectivity index (χ3v) is 7.51. The number of β-lactam (4-membered cyclic amide) rings is 1. The molecule has 2 amide bonds. The SMILES string of the molecule is Cn1cnc(SCC2=C(C(=O)[O-])N3C(=O)C(NC(=O)/C(=N/O)c4csc(N)n4)C3SC2)n1.[Na+]. The van der Waals surface area contributed by atoms with Crippen molar-refractivity contribution in [2.45, 2.75) is 16.6 Å². The second-order valence-electron chi connectivity index (χ2n) is 6.61. The number of rotatable bonds is 7. The molecule has 168 valence electrons. The summed E-state index contributed by atoms with van der Waals surface area (Å²) in [4.78, 5) is 46.1. The van der Waals surface area contributed by atoms with Crippen molar-refractivity contribution in [3.05, 3.63) is 28.7 Å². The molecule has 0 spiro atoms. The number of fused-ring (bicyclic) bond motifs is 1. The minimum atomic E-state index is -1.48. The van der Waals surface area contributed by atoms with Crippen molar-refractivity contribution < 1.29 is 54.3 Å². The molecule has 0 saturated carbocycles. The van der Waals surface area contributed by atoms with Crippen LogP contribution in [0.1, 0.15) is 5.69 Å². The number of carbonyl (C=O) groups excluding carboxylic acids is 3. The summed E-state index contributed by atoms with van der Waals surface area (Å²) in [6.45, 7) is 0. The Kier molecular flexibility index (Phi) is 8.07. The Morgan fingerprint density at radius 2 is 2.24 bits per heavy atom. The van der Waals surface area contributed by atoms with Gasteiger partial charge in [-0.1, -0.05) is 16.9 Å². The zero-order chi connectivity index (χ0) is 23.0. The fourth-order valence-electron chi connectivity index (χ4n) is 3.14. The predicted octanol–water partition coefficient (Wildman–Crippen LogP) is -4.77. The van der Waals surface area contributed by atoms with Crippen LogP contribution in [0.15, 0.2) is 33.3 Å². The molecule has 1 fully saturated rings. The van der Waals surface area contributed by atoms with Crippen molar-refractivity contribution >= 4 is 63.5 Å². The van der Waals surface area contributed by atoms with Crippen molar-refractivity contribution in [1.29, 1.82) is 0 Å². The second kappa shape index (κ2) is 10.4. The fraction of sp³-hybridized carbons (Fsp3) is 0.312. The number of thiazole rings is 1. The number of hydrogen-bond donors (Lipinski definition) is 3. The molecule has 1 saturated heterocycles. The van der Waals surface area contributed by atoms with Crippen LogP contribution in [0.25, 0.3) is 0 Å². The van der Waals surface area contributed by atoms with Crippen LogP contribution in [0.2, 0.25) is 0 Å². The van der Waals surface area contributed by atoms with Gasteiger partial charge in [-0.25, -0.2) is 9.97 Å². The summed E-state index contributed by atoms with van der Waals surface area (Å²) in [7, 11) is 1.72. The summed E-state index contributed by atoms with van der Waals surface area (Å²) in [6.07, 6.45) is 1.53. The largest absolute Gasteiger partial charge is 1.00 e. The number of oxime groups is 1. The summed E-state index contributed by atoms with van der Waals surface area (Å²) in [6, 6.07) is -0.999. The van der Waals surface area contributed by atoms with E-state index in [0.29, 0.717) is 16.5 Å². The van der Waals surface area contributed by atoms with Gasteiger partial charge in [-0.2, -0.15) is 0 Å². The third-order valence-electron chi connectivity index (χ3n) is 4.56. The smallest absolute Gasteiger partial charge is 0.543 e. The van der Waals surface area contributed by atoms with E-state index in [1.807, 2.05) is 0 Å². The summed E-state index contributed by atoms with van der Waals surface area (Å²) < 4.78 is 1.53. The van der Waals surface area contributed by atoms with E-state index in [4.69, 9.17) is 5.73 Å². The number of aromatic nitrogens is 4. The molecular weight excluding hydrogens is 503 g/mol. The molecular formula is C16H15N8NaO5S3. The average molecular weight is 519 g/mol. The number of thioether (sulfide) groups is 2. The standard InChI is InChI=1S/C16H16N8O5S3.Na/c1-23-5-18-16(21-23)32-3-6-2-30-13-9(12(26)24(13)10(6)14(27)28)20-11(25)8(22-29)7-4-31-15(17)19-7;/h4-5,9,13,29H,2-3H2,1H3,(H2,17,19)(H,20,25)(H,27,28);/q;+1/p-1/b22-8+;. The van der Waals surface area contributed by atoms with E-state index in [1.165, 1.54) is 39.9 Å². The summed E-state index contributed by atoms with van der Waals surface area (Å²) in [5.41, 5.74) is 5.48. The fourth-order valence-corrected chi connectivity index (χ4v) is 6.01. The number of amides is 2. The summed E-state index contributed by atoms with van der Waals surface area (Å²) in [5, 5.41) is 32.0. The second-order valence-corrected chi connectivity index (χ2v) is 9.55. The van der Waals surface area contributed by atoms with Gasteiger partial charge in [0.2, 0.25) is 5.16 Å². The first-order chi connectivity index (χ1) is 15.3. The van der Waals surface area contributed by atoms with Gasteiger partial charge in [-0.15, -0.1) is 28.2 Å². The van der Waals surface area contributed by atoms with Crippen LogP contribution in [0, 0.1) is 0 Å². The maximum atomic E-state index is 12.7. The number of aliphatic carboxylic acids is 1. The number of nitrogens with two attached hydrogens (primary N) is 1. The molecule has 4 heterocycles. The topological polar surface area (TPSA) is 192 Å². The Morgan fingerprint density at radius 3 is 2.82 bits per heavy atom. The molecule has 0 bridgehead atoms. The minimum absolute atomic E-state index is 0. The Labute approximate surface area is 221 Å². The molecule has 2 aliphatic rings. The van der Waals surface area contributed by atoms with Gasteiger partial charge in [0.05, 0.1) is 11.7 Å². The van der Waals surface area contributed by atoms with Gasteiger partial charge >= 0.3 is 29.6 Å². The number of aryl methyl sites for hydroxylation is 1. The normalized spacial score (nSPS) is 20.1. The number of nitrogens with one attached hydrogen (secondary N) is 1. The first-order valence-corrected chi connectivity index (χ1v) is 11.8. The van der Waals surface area contributed by atoms with E-state index in [2.05, 4.69) is 25.5 Å². The van der Waals surface area contributed by atoms with Crippen LogP contribution >= 0.6 is 34.9 Å². The number of carboxylic acid groups (broad SMARTS) is 1. The monoisotopic (exact) mass is 518 g/mol. The van der Waals surface area contributed by atoms with Gasteiger partial charge in [-0.05, 0) is 5.57 Å². The van der Waals surface area contributed by atoms with Gasteiger partial charge in [-0.3, -0.25) is 19.2 Å². The van der Waals surface area contributed by atoms with Crippen molar-refractivity contribution in [1.82, 2.24) is 30.0 Å².